The molecule has 66 valence electrons. The first-order chi connectivity index (χ1) is 5.21. The number of hydrogen-bond donors (Lipinski definition) is 1. The molecule has 0 spiro atoms. The lowest BCUT2D eigenvalue weighted by atomic mass is 9.88. The Hall–Kier alpha value is -0.120. The van der Waals surface area contributed by atoms with Crippen LogP contribution in [-0.4, -0.2) is 37.1 Å². The molecule has 11 heavy (non-hydrogen) atoms. The third-order valence-electron chi connectivity index (χ3n) is 2.23. The van der Waals surface area contributed by atoms with Gasteiger partial charge in [0.1, 0.15) is 5.60 Å². The van der Waals surface area contributed by atoms with Crippen molar-refractivity contribution in [2.75, 3.05) is 26.4 Å². The van der Waals surface area contributed by atoms with Crippen LogP contribution >= 0.6 is 0 Å². The van der Waals surface area contributed by atoms with E-state index in [1.54, 1.807) is 0 Å². The second-order valence-electron chi connectivity index (χ2n) is 3.28. The molecule has 3 heteroatoms. The van der Waals surface area contributed by atoms with Crippen LogP contribution in [-0.2, 0) is 9.47 Å². The molecule has 0 unspecified atom stereocenters. The van der Waals surface area contributed by atoms with Gasteiger partial charge in [0.15, 0.2) is 0 Å². The highest BCUT2D eigenvalue weighted by Crippen LogP contribution is 2.29. The zero-order chi connectivity index (χ0) is 8.32. The van der Waals surface area contributed by atoms with Crippen LogP contribution in [0, 0.1) is 5.92 Å². The quantitative estimate of drug-likeness (QED) is 0.647. The highest BCUT2D eigenvalue weighted by Gasteiger charge is 2.42. The van der Waals surface area contributed by atoms with E-state index in [0.29, 0.717) is 25.7 Å². The normalized spacial score (nSPS) is 21.8. The first-order valence-electron chi connectivity index (χ1n) is 4.04. The molecule has 1 aliphatic rings. The van der Waals surface area contributed by atoms with Crippen LogP contribution in [0.2, 0.25) is 0 Å². The van der Waals surface area contributed by atoms with E-state index in [0.717, 1.165) is 0 Å². The van der Waals surface area contributed by atoms with Gasteiger partial charge in [0.25, 0.3) is 0 Å². The van der Waals surface area contributed by atoms with E-state index in [1.807, 2.05) is 0 Å². The van der Waals surface area contributed by atoms with Crippen LogP contribution in [0.1, 0.15) is 13.8 Å². The second kappa shape index (κ2) is 3.52. The lowest BCUT2D eigenvalue weighted by Gasteiger charge is -2.44. The molecule has 0 saturated carbocycles. The fourth-order valence-corrected chi connectivity index (χ4v) is 1.14. The van der Waals surface area contributed by atoms with Gasteiger partial charge in [-0.3, -0.25) is 0 Å². The highest BCUT2D eigenvalue weighted by molar-refractivity contribution is 4.90. The Morgan fingerprint density at radius 3 is 2.45 bits per heavy atom. The minimum Gasteiger partial charge on any atom is -0.394 e. The van der Waals surface area contributed by atoms with Crippen molar-refractivity contribution >= 4 is 0 Å². The van der Waals surface area contributed by atoms with Crippen molar-refractivity contribution < 1.29 is 14.6 Å². The molecule has 1 N–H and O–H groups in total. The fourth-order valence-electron chi connectivity index (χ4n) is 1.14. The average Bonchev–Trinajstić information content (AvgIpc) is 1.85. The minimum atomic E-state index is -0.108. The third kappa shape index (κ3) is 1.72. The van der Waals surface area contributed by atoms with Crippen LogP contribution in [0.4, 0.5) is 0 Å². The van der Waals surface area contributed by atoms with Gasteiger partial charge in [0, 0.05) is 0 Å². The molecule has 0 bridgehead atoms. The predicted molar refractivity (Wildman–Crippen MR) is 41.4 cm³/mol. The molecule has 3 nitrogen and oxygen atoms in total. The van der Waals surface area contributed by atoms with Gasteiger partial charge in [-0.15, -0.1) is 0 Å². The monoisotopic (exact) mass is 160 g/mol. The predicted octanol–water partition coefficient (Wildman–Crippen LogP) is 0.420. The SMILES string of the molecule is CC(C)C1(OCCO)COC1. The molecule has 0 amide bonds. The second-order valence-corrected chi connectivity index (χ2v) is 3.28. The van der Waals surface area contributed by atoms with E-state index in [9.17, 15) is 0 Å². The van der Waals surface area contributed by atoms with Crippen LogP contribution in [0.25, 0.3) is 0 Å². The van der Waals surface area contributed by atoms with Crippen molar-refractivity contribution in [2.45, 2.75) is 19.4 Å². The number of rotatable bonds is 4. The molecule has 1 rings (SSSR count). The molecular formula is C8H16O3. The maximum atomic E-state index is 8.57. The fraction of sp³-hybridized carbons (Fsp3) is 1.00. The Kier molecular flexibility index (Phi) is 2.87. The molecule has 0 aromatic rings. The number of ether oxygens (including phenoxy) is 2. The smallest absolute Gasteiger partial charge is 0.117 e. The Balaban J connectivity index is 2.34. The van der Waals surface area contributed by atoms with Crippen LogP contribution in [0.3, 0.4) is 0 Å². The van der Waals surface area contributed by atoms with Gasteiger partial charge < -0.3 is 14.6 Å². The largest absolute Gasteiger partial charge is 0.394 e. The van der Waals surface area contributed by atoms with Crippen molar-refractivity contribution in [3.8, 4) is 0 Å². The molecule has 1 aliphatic heterocycles. The van der Waals surface area contributed by atoms with Crippen molar-refractivity contribution in [1.82, 2.24) is 0 Å². The van der Waals surface area contributed by atoms with E-state index in [1.165, 1.54) is 0 Å². The Morgan fingerprint density at radius 1 is 1.55 bits per heavy atom. The van der Waals surface area contributed by atoms with E-state index in [2.05, 4.69) is 13.8 Å². The van der Waals surface area contributed by atoms with Gasteiger partial charge in [-0.05, 0) is 5.92 Å². The third-order valence-corrected chi connectivity index (χ3v) is 2.23. The summed E-state index contributed by atoms with van der Waals surface area (Å²) in [5.74, 6) is 0.461. The molecule has 0 atom stereocenters. The number of hydrogen-bond acceptors (Lipinski definition) is 3. The first-order valence-corrected chi connectivity index (χ1v) is 4.04. The zero-order valence-electron chi connectivity index (χ0n) is 7.17. The molecular weight excluding hydrogens is 144 g/mol. The van der Waals surface area contributed by atoms with Crippen LogP contribution in [0.5, 0.6) is 0 Å². The molecule has 1 saturated heterocycles. The summed E-state index contributed by atoms with van der Waals surface area (Å²) < 4.78 is 10.6. The maximum absolute atomic E-state index is 8.57. The molecule has 1 fully saturated rings. The number of aliphatic hydroxyl groups is 1. The summed E-state index contributed by atoms with van der Waals surface area (Å²) in [5, 5.41) is 8.57. The number of aliphatic hydroxyl groups excluding tert-OH is 1. The van der Waals surface area contributed by atoms with Crippen LogP contribution < -0.4 is 0 Å². The molecule has 0 aromatic heterocycles. The van der Waals surface area contributed by atoms with E-state index >= 15 is 0 Å². The summed E-state index contributed by atoms with van der Waals surface area (Å²) in [5.41, 5.74) is -0.108. The van der Waals surface area contributed by atoms with Crippen molar-refractivity contribution in [1.29, 1.82) is 0 Å². The van der Waals surface area contributed by atoms with Crippen molar-refractivity contribution in [3.63, 3.8) is 0 Å². The first kappa shape index (κ1) is 8.97. The summed E-state index contributed by atoms with van der Waals surface area (Å²) in [4.78, 5) is 0. The van der Waals surface area contributed by atoms with E-state index in [-0.39, 0.29) is 12.2 Å². The Labute approximate surface area is 67.3 Å². The van der Waals surface area contributed by atoms with Gasteiger partial charge in [0.2, 0.25) is 0 Å². The van der Waals surface area contributed by atoms with Crippen LogP contribution in [0.15, 0.2) is 0 Å². The van der Waals surface area contributed by atoms with E-state index in [4.69, 9.17) is 14.6 Å². The summed E-state index contributed by atoms with van der Waals surface area (Å²) in [6, 6.07) is 0. The summed E-state index contributed by atoms with van der Waals surface area (Å²) in [6.45, 7) is 6.07. The lowest BCUT2D eigenvalue weighted by Crippen LogP contribution is -2.56. The molecule has 0 radical (unpaired) electrons. The van der Waals surface area contributed by atoms with Gasteiger partial charge in [-0.25, -0.2) is 0 Å². The lowest BCUT2D eigenvalue weighted by molar-refractivity contribution is -0.233. The molecule has 1 heterocycles. The standard InChI is InChI=1S/C8H16O3/c1-7(2)8(5-10-6-8)11-4-3-9/h7,9H,3-6H2,1-2H3. The topological polar surface area (TPSA) is 38.7 Å². The van der Waals surface area contributed by atoms with Crippen molar-refractivity contribution in [2.24, 2.45) is 5.92 Å². The minimum absolute atomic E-state index is 0.0917. The summed E-state index contributed by atoms with van der Waals surface area (Å²) >= 11 is 0. The Bertz CT molecular complexity index is 119. The van der Waals surface area contributed by atoms with Gasteiger partial charge in [0.05, 0.1) is 26.4 Å². The van der Waals surface area contributed by atoms with Gasteiger partial charge in [-0.1, -0.05) is 13.8 Å². The summed E-state index contributed by atoms with van der Waals surface area (Å²) in [6.07, 6.45) is 0. The highest BCUT2D eigenvalue weighted by atomic mass is 16.6. The Morgan fingerprint density at radius 2 is 2.18 bits per heavy atom. The average molecular weight is 160 g/mol. The van der Waals surface area contributed by atoms with Crippen molar-refractivity contribution in [3.05, 3.63) is 0 Å². The maximum Gasteiger partial charge on any atom is 0.117 e. The molecule has 0 aliphatic carbocycles. The van der Waals surface area contributed by atoms with Gasteiger partial charge in [-0.2, -0.15) is 0 Å². The van der Waals surface area contributed by atoms with E-state index < -0.39 is 0 Å². The molecule has 0 aromatic carbocycles. The summed E-state index contributed by atoms with van der Waals surface area (Å²) in [7, 11) is 0. The van der Waals surface area contributed by atoms with Gasteiger partial charge >= 0.3 is 0 Å². The zero-order valence-corrected chi connectivity index (χ0v) is 7.17.